The quantitative estimate of drug-likeness (QED) is 0.837. The number of nitrogens with two attached hydrogens (primary N) is 1. The van der Waals surface area contributed by atoms with Gasteiger partial charge in [-0.1, -0.05) is 0 Å². The molecule has 0 radical (unpaired) electrons. The van der Waals surface area contributed by atoms with Gasteiger partial charge in [0.05, 0.1) is 5.41 Å². The van der Waals surface area contributed by atoms with Gasteiger partial charge in [-0.3, -0.25) is 4.79 Å². The molecule has 0 spiro atoms. The second-order valence-corrected chi connectivity index (χ2v) is 5.86. The van der Waals surface area contributed by atoms with E-state index in [-0.39, 0.29) is 30.5 Å². The summed E-state index contributed by atoms with van der Waals surface area (Å²) in [6.07, 6.45) is 1.13. The molecule has 2 heterocycles. The molecule has 1 fully saturated rings. The molecule has 0 atom stereocenters. The van der Waals surface area contributed by atoms with Crippen molar-refractivity contribution in [3.63, 3.8) is 0 Å². The molecule has 3 rings (SSSR count). The number of halogens is 2. The van der Waals surface area contributed by atoms with Gasteiger partial charge < -0.3 is 15.8 Å². The molecule has 10 heteroatoms. The molecule has 1 aromatic carbocycles. The van der Waals surface area contributed by atoms with Crippen LogP contribution in [-0.2, 0) is 9.53 Å². The number of nitrogens with zero attached hydrogens (tertiary/aromatic N) is 4. The second-order valence-electron chi connectivity index (χ2n) is 5.86. The van der Waals surface area contributed by atoms with E-state index in [9.17, 15) is 9.18 Å². The fraction of sp³-hybridized carbons (Fsp3) is 0.467. The van der Waals surface area contributed by atoms with Crippen molar-refractivity contribution in [2.45, 2.75) is 19.8 Å². The van der Waals surface area contributed by atoms with Gasteiger partial charge in [-0.2, -0.15) is 4.68 Å². The molecule has 0 bridgehead atoms. The van der Waals surface area contributed by atoms with Crippen molar-refractivity contribution in [3.8, 4) is 5.69 Å². The van der Waals surface area contributed by atoms with Crippen LogP contribution < -0.4 is 11.1 Å². The molecular weight excluding hydrogens is 351 g/mol. The Bertz CT molecular complexity index is 747. The molecule has 3 N–H and O–H groups in total. The van der Waals surface area contributed by atoms with Gasteiger partial charge in [-0.15, -0.1) is 17.5 Å². The van der Waals surface area contributed by atoms with Gasteiger partial charge in [-0.05, 0) is 48.4 Å². The van der Waals surface area contributed by atoms with Crippen LogP contribution in [0.1, 0.15) is 18.7 Å². The number of aryl methyl sites for hydroxylation is 1. The van der Waals surface area contributed by atoms with Gasteiger partial charge in [0.2, 0.25) is 5.91 Å². The lowest BCUT2D eigenvalue weighted by Gasteiger charge is -2.34. The molecule has 1 aliphatic rings. The standard InChI is InChI=1S/C15H19FN6O2.ClH/c1-10-19-20-21-22(10)13-8-11(2-3-12(13)16)18-14(23)15(9-17)4-6-24-7-5-15;/h2-3,8H,4-7,9,17H2,1H3,(H,18,23);1H. The maximum atomic E-state index is 14.1. The first kappa shape index (κ1) is 19.2. The molecule has 1 amide bonds. The molecule has 0 aliphatic carbocycles. The molecular formula is C15H20ClFN6O2. The van der Waals surface area contributed by atoms with E-state index >= 15 is 0 Å². The molecule has 1 aromatic heterocycles. The Kier molecular flexibility index (Phi) is 6.04. The summed E-state index contributed by atoms with van der Waals surface area (Å²) in [5.41, 5.74) is 5.82. The smallest absolute Gasteiger partial charge is 0.232 e. The highest BCUT2D eigenvalue weighted by atomic mass is 35.5. The fourth-order valence-corrected chi connectivity index (χ4v) is 2.76. The molecule has 25 heavy (non-hydrogen) atoms. The molecule has 1 aliphatic heterocycles. The second kappa shape index (κ2) is 7.85. The van der Waals surface area contributed by atoms with Crippen LogP contribution in [0.3, 0.4) is 0 Å². The van der Waals surface area contributed by atoms with E-state index in [4.69, 9.17) is 10.5 Å². The van der Waals surface area contributed by atoms with Gasteiger partial charge in [0, 0.05) is 25.4 Å². The lowest BCUT2D eigenvalue weighted by molar-refractivity contribution is -0.130. The van der Waals surface area contributed by atoms with Crippen molar-refractivity contribution < 1.29 is 13.9 Å². The number of carbonyl (C=O) groups excluding carboxylic acids is 1. The first-order chi connectivity index (χ1) is 11.6. The summed E-state index contributed by atoms with van der Waals surface area (Å²) >= 11 is 0. The maximum absolute atomic E-state index is 14.1. The van der Waals surface area contributed by atoms with Crippen LogP contribution in [0.15, 0.2) is 18.2 Å². The predicted octanol–water partition coefficient (Wildman–Crippen LogP) is 1.23. The Morgan fingerprint density at radius 1 is 1.44 bits per heavy atom. The van der Waals surface area contributed by atoms with Crippen LogP contribution in [0.2, 0.25) is 0 Å². The van der Waals surface area contributed by atoms with Crippen LogP contribution in [0.5, 0.6) is 0 Å². The maximum Gasteiger partial charge on any atom is 0.232 e. The number of nitrogens with one attached hydrogen (secondary N) is 1. The molecule has 1 saturated heterocycles. The van der Waals surface area contributed by atoms with Crippen molar-refractivity contribution >= 4 is 24.0 Å². The van der Waals surface area contributed by atoms with E-state index in [0.29, 0.717) is 37.6 Å². The highest BCUT2D eigenvalue weighted by Gasteiger charge is 2.38. The number of benzene rings is 1. The average Bonchev–Trinajstić information content (AvgIpc) is 3.03. The normalized spacial score (nSPS) is 16.1. The van der Waals surface area contributed by atoms with Gasteiger partial charge >= 0.3 is 0 Å². The van der Waals surface area contributed by atoms with Crippen LogP contribution >= 0.6 is 12.4 Å². The first-order valence-electron chi connectivity index (χ1n) is 7.70. The first-order valence-corrected chi connectivity index (χ1v) is 7.70. The fourth-order valence-electron chi connectivity index (χ4n) is 2.76. The van der Waals surface area contributed by atoms with E-state index < -0.39 is 11.2 Å². The lowest BCUT2D eigenvalue weighted by Crippen LogP contribution is -2.46. The summed E-state index contributed by atoms with van der Waals surface area (Å²) in [6, 6.07) is 4.27. The van der Waals surface area contributed by atoms with Gasteiger partial charge in [0.1, 0.15) is 11.5 Å². The van der Waals surface area contributed by atoms with E-state index in [0.717, 1.165) is 0 Å². The number of carbonyl (C=O) groups is 1. The molecule has 136 valence electrons. The Balaban J connectivity index is 0.00000225. The summed E-state index contributed by atoms with van der Waals surface area (Å²) in [5.74, 6) is -0.220. The van der Waals surface area contributed by atoms with Crippen molar-refractivity contribution in [1.82, 2.24) is 20.2 Å². The zero-order chi connectivity index (χ0) is 17.2. The van der Waals surface area contributed by atoms with Crippen LogP contribution in [0, 0.1) is 18.2 Å². The topological polar surface area (TPSA) is 108 Å². The third-order valence-corrected chi connectivity index (χ3v) is 4.38. The number of hydrogen-bond donors (Lipinski definition) is 2. The number of amides is 1. The Morgan fingerprint density at radius 2 is 2.16 bits per heavy atom. The van der Waals surface area contributed by atoms with Crippen molar-refractivity contribution in [1.29, 1.82) is 0 Å². The van der Waals surface area contributed by atoms with Gasteiger partial charge in [-0.25, -0.2) is 4.39 Å². The molecule has 0 saturated carbocycles. The number of hydrogen-bond acceptors (Lipinski definition) is 6. The molecule has 8 nitrogen and oxygen atoms in total. The minimum Gasteiger partial charge on any atom is -0.381 e. The Hall–Kier alpha value is -2.10. The molecule has 0 unspecified atom stereocenters. The third kappa shape index (κ3) is 3.78. The number of tetrazole rings is 1. The van der Waals surface area contributed by atoms with Crippen LogP contribution in [-0.4, -0.2) is 45.9 Å². The minimum atomic E-state index is -0.655. The number of ether oxygens (including phenoxy) is 1. The predicted molar refractivity (Wildman–Crippen MR) is 91.3 cm³/mol. The SMILES string of the molecule is Cc1nnnn1-c1cc(NC(=O)C2(CN)CCOCC2)ccc1F.Cl. The third-order valence-electron chi connectivity index (χ3n) is 4.38. The lowest BCUT2D eigenvalue weighted by atomic mass is 9.79. The summed E-state index contributed by atoms with van der Waals surface area (Å²) in [5, 5.41) is 13.8. The number of aromatic nitrogens is 4. The van der Waals surface area contributed by atoms with E-state index in [1.54, 1.807) is 6.92 Å². The number of anilines is 1. The van der Waals surface area contributed by atoms with E-state index in [1.165, 1.54) is 22.9 Å². The highest BCUT2D eigenvalue weighted by molar-refractivity contribution is 5.95. The zero-order valence-corrected chi connectivity index (χ0v) is 14.6. The van der Waals surface area contributed by atoms with Crippen molar-refractivity contribution in [3.05, 3.63) is 29.8 Å². The summed E-state index contributed by atoms with van der Waals surface area (Å²) in [6.45, 7) is 2.91. The highest BCUT2D eigenvalue weighted by Crippen LogP contribution is 2.31. The summed E-state index contributed by atoms with van der Waals surface area (Å²) in [4.78, 5) is 12.7. The van der Waals surface area contributed by atoms with Gasteiger partial charge in [0.25, 0.3) is 0 Å². The number of rotatable bonds is 4. The van der Waals surface area contributed by atoms with Crippen molar-refractivity contribution in [2.75, 3.05) is 25.1 Å². The van der Waals surface area contributed by atoms with E-state index in [2.05, 4.69) is 20.8 Å². The Labute approximate surface area is 150 Å². The zero-order valence-electron chi connectivity index (χ0n) is 13.7. The van der Waals surface area contributed by atoms with E-state index in [1.807, 2.05) is 0 Å². The van der Waals surface area contributed by atoms with Gasteiger partial charge in [0.15, 0.2) is 5.82 Å². The summed E-state index contributed by atoms with van der Waals surface area (Å²) in [7, 11) is 0. The van der Waals surface area contributed by atoms with Crippen molar-refractivity contribution in [2.24, 2.45) is 11.1 Å². The minimum absolute atomic E-state index is 0. The average molecular weight is 371 g/mol. The van der Waals surface area contributed by atoms with Crippen LogP contribution in [0.4, 0.5) is 10.1 Å². The van der Waals surface area contributed by atoms with Crippen LogP contribution in [0.25, 0.3) is 5.69 Å². The summed E-state index contributed by atoms with van der Waals surface area (Å²) < 4.78 is 20.7. The largest absolute Gasteiger partial charge is 0.381 e. The monoisotopic (exact) mass is 370 g/mol. The molecule has 2 aromatic rings. The Morgan fingerprint density at radius 3 is 2.76 bits per heavy atom.